The summed E-state index contributed by atoms with van der Waals surface area (Å²) in [7, 11) is -4.54. The quantitative estimate of drug-likeness (QED) is 0.416. The molecule has 0 amide bonds. The van der Waals surface area contributed by atoms with Gasteiger partial charge in [0.05, 0.1) is 22.5 Å². The molecule has 0 fully saturated rings. The molecule has 3 heterocycles. The molecule has 0 bridgehead atoms. The van der Waals surface area contributed by atoms with Crippen LogP contribution >= 0.6 is 11.3 Å². The molecule has 2 N–H and O–H groups in total. The Morgan fingerprint density at radius 2 is 1.97 bits per heavy atom. The lowest BCUT2D eigenvalue weighted by atomic mass is 10.3. The summed E-state index contributed by atoms with van der Waals surface area (Å²) in [4.78, 5) is 9.66. The van der Waals surface area contributed by atoms with Gasteiger partial charge in [0, 0.05) is 25.1 Å². The van der Waals surface area contributed by atoms with Crippen LogP contribution in [0.4, 0.5) is 30.4 Å². The number of nitrogens with zero attached hydrogens (tertiary/aromatic N) is 4. The summed E-state index contributed by atoms with van der Waals surface area (Å²) < 4.78 is 64.5. The Morgan fingerprint density at radius 3 is 2.65 bits per heavy atom. The third kappa shape index (κ3) is 3.82. The number of anilines is 3. The molecule has 8 nitrogen and oxygen atoms in total. The van der Waals surface area contributed by atoms with Crippen LogP contribution < -0.4 is 15.2 Å². The maximum Gasteiger partial charge on any atom is 0.518 e. The first-order valence-corrected chi connectivity index (χ1v) is 11.1. The number of imidazole rings is 1. The van der Waals surface area contributed by atoms with Crippen molar-refractivity contribution in [1.82, 2.24) is 19.8 Å². The number of aromatic nitrogens is 3. The topological polar surface area (TPSA) is 91.6 Å². The lowest BCUT2D eigenvalue weighted by molar-refractivity contribution is -0.0440. The van der Waals surface area contributed by atoms with Gasteiger partial charge in [-0.25, -0.2) is 15.4 Å². The fourth-order valence-electron chi connectivity index (χ4n) is 2.95. The predicted molar refractivity (Wildman–Crippen MR) is 113 cm³/mol. The minimum Gasteiger partial charge on any atom is -0.337 e. The van der Waals surface area contributed by atoms with E-state index in [2.05, 4.69) is 20.7 Å². The van der Waals surface area contributed by atoms with Crippen molar-refractivity contribution < 1.29 is 21.6 Å². The van der Waals surface area contributed by atoms with Crippen molar-refractivity contribution >= 4 is 44.2 Å². The molecule has 0 spiro atoms. The van der Waals surface area contributed by atoms with Crippen molar-refractivity contribution in [2.24, 2.45) is 0 Å². The number of hydrogen-bond donors (Lipinski definition) is 2. The van der Waals surface area contributed by atoms with Crippen molar-refractivity contribution in [3.05, 3.63) is 60.4 Å². The number of thiophene rings is 1. The van der Waals surface area contributed by atoms with Crippen molar-refractivity contribution in [3.63, 3.8) is 0 Å². The van der Waals surface area contributed by atoms with E-state index in [1.807, 2.05) is 21.9 Å². The minimum atomic E-state index is -5.62. The van der Waals surface area contributed by atoms with Gasteiger partial charge in [0.15, 0.2) is 11.5 Å². The normalized spacial score (nSPS) is 12.3. The smallest absolute Gasteiger partial charge is 0.337 e. The highest BCUT2D eigenvalue weighted by atomic mass is 32.2. The van der Waals surface area contributed by atoms with Gasteiger partial charge < -0.3 is 5.32 Å². The Morgan fingerprint density at radius 1 is 1.16 bits per heavy atom. The second-order valence-electron chi connectivity index (χ2n) is 6.20. The average Bonchev–Trinajstić information content (AvgIpc) is 3.38. The van der Waals surface area contributed by atoms with E-state index in [0.29, 0.717) is 17.2 Å². The molecule has 0 aliphatic carbocycles. The summed E-state index contributed by atoms with van der Waals surface area (Å²) in [5, 5.41) is 4.94. The minimum absolute atomic E-state index is 0.0661. The second-order valence-corrected chi connectivity index (χ2v) is 8.93. The van der Waals surface area contributed by atoms with Crippen LogP contribution in [0.5, 0.6) is 0 Å². The molecular formula is C18H15F3N6O2S2. The maximum absolute atomic E-state index is 13.0. The molecule has 0 atom stereocenters. The largest absolute Gasteiger partial charge is 0.518 e. The number of hydrazine groups is 1. The molecular weight excluding hydrogens is 453 g/mol. The highest BCUT2D eigenvalue weighted by molar-refractivity contribution is 7.93. The summed E-state index contributed by atoms with van der Waals surface area (Å²) in [5.41, 5.74) is -1.91. The Balaban J connectivity index is 1.69. The molecule has 0 aliphatic rings. The Hall–Kier alpha value is -3.16. The van der Waals surface area contributed by atoms with Gasteiger partial charge in [-0.15, -0.1) is 11.3 Å². The van der Waals surface area contributed by atoms with Crippen molar-refractivity contribution in [1.29, 1.82) is 0 Å². The first kappa shape index (κ1) is 21.1. The molecule has 31 heavy (non-hydrogen) atoms. The maximum atomic E-state index is 13.0. The van der Waals surface area contributed by atoms with E-state index < -0.39 is 15.5 Å². The molecule has 13 heteroatoms. The van der Waals surface area contributed by atoms with Gasteiger partial charge in [-0.2, -0.15) is 26.0 Å². The number of fused-ring (bicyclic) bond motifs is 1. The van der Waals surface area contributed by atoms with E-state index in [-0.39, 0.29) is 10.1 Å². The SMILES string of the molecule is CNN(c1cccc(Nc2nccn3c(-c4cccs4)cnc23)c1)S(=O)(=O)C(F)(F)F. The highest BCUT2D eigenvalue weighted by Gasteiger charge is 2.50. The van der Waals surface area contributed by atoms with E-state index >= 15 is 0 Å². The highest BCUT2D eigenvalue weighted by Crippen LogP contribution is 2.32. The lowest BCUT2D eigenvalue weighted by Gasteiger charge is -2.24. The second kappa shape index (κ2) is 7.83. The molecule has 3 aromatic heterocycles. The summed E-state index contributed by atoms with van der Waals surface area (Å²) in [6, 6.07) is 9.38. The van der Waals surface area contributed by atoms with Crippen LogP contribution in [0.15, 0.2) is 60.4 Å². The molecule has 4 rings (SSSR count). The van der Waals surface area contributed by atoms with Crippen LogP contribution in [0.1, 0.15) is 0 Å². The Bertz CT molecular complexity index is 1320. The number of hydrogen-bond acceptors (Lipinski definition) is 7. The van der Waals surface area contributed by atoms with E-state index in [1.54, 1.807) is 36.0 Å². The van der Waals surface area contributed by atoms with Crippen LogP contribution in [-0.4, -0.2) is 35.3 Å². The molecule has 0 aliphatic heterocycles. The number of halogens is 3. The molecule has 1 aromatic carbocycles. The zero-order valence-electron chi connectivity index (χ0n) is 15.8. The molecule has 4 aromatic rings. The van der Waals surface area contributed by atoms with Crippen molar-refractivity contribution in [3.8, 4) is 10.6 Å². The van der Waals surface area contributed by atoms with Gasteiger partial charge in [-0.05, 0) is 29.6 Å². The number of nitrogens with one attached hydrogen (secondary N) is 2. The monoisotopic (exact) mass is 468 g/mol. The van der Waals surface area contributed by atoms with Gasteiger partial charge in [0.2, 0.25) is 0 Å². The van der Waals surface area contributed by atoms with Gasteiger partial charge in [-0.3, -0.25) is 4.40 Å². The third-order valence-electron chi connectivity index (χ3n) is 4.28. The van der Waals surface area contributed by atoms with Crippen LogP contribution in [0.25, 0.3) is 16.2 Å². The first-order chi connectivity index (χ1) is 14.7. The van der Waals surface area contributed by atoms with Crippen molar-refractivity contribution in [2.45, 2.75) is 5.51 Å². The van der Waals surface area contributed by atoms with Crippen molar-refractivity contribution in [2.75, 3.05) is 16.8 Å². The molecule has 0 unspecified atom stereocenters. The van der Waals surface area contributed by atoms with Gasteiger partial charge >= 0.3 is 15.5 Å². The zero-order valence-corrected chi connectivity index (χ0v) is 17.5. The van der Waals surface area contributed by atoms with Gasteiger partial charge in [-0.1, -0.05) is 12.1 Å². The average molecular weight is 468 g/mol. The number of sulfonamides is 1. The number of rotatable bonds is 6. The molecule has 162 valence electrons. The van der Waals surface area contributed by atoms with Gasteiger partial charge in [0.1, 0.15) is 0 Å². The number of alkyl halides is 3. The number of benzene rings is 1. The molecule has 0 radical (unpaired) electrons. The third-order valence-corrected chi connectivity index (χ3v) is 6.63. The van der Waals surface area contributed by atoms with Crippen LogP contribution in [0.2, 0.25) is 0 Å². The lowest BCUT2D eigenvalue weighted by Crippen LogP contribution is -2.47. The summed E-state index contributed by atoms with van der Waals surface area (Å²) in [5.74, 6) is 0.358. The first-order valence-electron chi connectivity index (χ1n) is 8.74. The van der Waals surface area contributed by atoms with E-state index in [1.165, 1.54) is 18.2 Å². The predicted octanol–water partition coefficient (Wildman–Crippen LogP) is 3.99. The Kier molecular flexibility index (Phi) is 5.33. The standard InChI is InChI=1S/C18H15F3N6O2S2/c1-22-27(31(28,29)18(19,20)21)13-5-2-4-12(10-13)25-16-17-24-11-14(15-6-3-9-30-15)26(17)8-7-23-16/h2-11,22H,1H3,(H,23,25). The van der Waals surface area contributed by atoms with E-state index in [0.717, 1.165) is 17.6 Å². The fourth-order valence-corrected chi connectivity index (χ4v) is 4.52. The molecule has 0 saturated carbocycles. The van der Waals surface area contributed by atoms with Crippen LogP contribution in [0, 0.1) is 0 Å². The summed E-state index contributed by atoms with van der Waals surface area (Å²) >= 11 is 1.55. The van der Waals surface area contributed by atoms with E-state index in [4.69, 9.17) is 0 Å². The van der Waals surface area contributed by atoms with E-state index in [9.17, 15) is 21.6 Å². The zero-order chi connectivity index (χ0) is 22.2. The molecule has 0 saturated heterocycles. The Labute approximate surface area is 179 Å². The fraction of sp³-hybridized carbons (Fsp3) is 0.111. The summed E-state index contributed by atoms with van der Waals surface area (Å²) in [6.45, 7) is 0. The summed E-state index contributed by atoms with van der Waals surface area (Å²) in [6.07, 6.45) is 5.01. The van der Waals surface area contributed by atoms with Gasteiger partial charge in [0.25, 0.3) is 0 Å². The van der Waals surface area contributed by atoms with Crippen LogP contribution in [0.3, 0.4) is 0 Å². The van der Waals surface area contributed by atoms with Crippen LogP contribution in [-0.2, 0) is 10.0 Å².